The lowest BCUT2D eigenvalue weighted by atomic mass is 10.1. The van der Waals surface area contributed by atoms with Crippen LogP contribution < -0.4 is 15.4 Å². The number of rotatable bonds is 7. The molecule has 0 radical (unpaired) electrons. The topological polar surface area (TPSA) is 58.7 Å². The number of hydrogen-bond acceptors (Lipinski definition) is 4. The molecule has 108 valence electrons. The van der Waals surface area contributed by atoms with E-state index in [0.717, 1.165) is 18.7 Å². The van der Waals surface area contributed by atoms with Crippen LogP contribution in [0.5, 0.6) is 5.75 Å². The Balaban J connectivity index is 2.97. The van der Waals surface area contributed by atoms with Gasteiger partial charge in [-0.25, -0.2) is 0 Å². The predicted octanol–water partition coefficient (Wildman–Crippen LogP) is 2.65. The molecule has 0 aromatic heterocycles. The number of anilines is 2. The van der Waals surface area contributed by atoms with Crippen molar-refractivity contribution < 1.29 is 9.84 Å². The summed E-state index contributed by atoms with van der Waals surface area (Å²) < 4.78 is 5.64. The number of hydrogen-bond donors (Lipinski definition) is 2. The van der Waals surface area contributed by atoms with E-state index in [1.165, 1.54) is 0 Å². The van der Waals surface area contributed by atoms with Crippen molar-refractivity contribution in [3.05, 3.63) is 18.2 Å². The SMILES string of the molecule is CCCOc1cccc(N(CC)CC(C)(C)O)c1N. The van der Waals surface area contributed by atoms with Gasteiger partial charge in [-0.15, -0.1) is 0 Å². The fourth-order valence-electron chi connectivity index (χ4n) is 1.98. The Bertz CT molecular complexity index is 400. The Kier molecular flexibility index (Phi) is 5.48. The molecule has 0 bridgehead atoms. The molecule has 4 nitrogen and oxygen atoms in total. The average molecular weight is 266 g/mol. The normalized spacial score (nSPS) is 11.4. The van der Waals surface area contributed by atoms with Gasteiger partial charge in [-0.1, -0.05) is 13.0 Å². The summed E-state index contributed by atoms with van der Waals surface area (Å²) in [4.78, 5) is 2.06. The van der Waals surface area contributed by atoms with Crippen LogP contribution in [0.1, 0.15) is 34.1 Å². The van der Waals surface area contributed by atoms with E-state index >= 15 is 0 Å². The maximum Gasteiger partial charge on any atom is 0.144 e. The molecule has 0 aliphatic carbocycles. The van der Waals surface area contributed by atoms with E-state index in [2.05, 4.69) is 11.8 Å². The van der Waals surface area contributed by atoms with E-state index in [1.54, 1.807) is 13.8 Å². The van der Waals surface area contributed by atoms with Crippen LogP contribution in [-0.2, 0) is 0 Å². The summed E-state index contributed by atoms with van der Waals surface area (Å²) in [6.45, 7) is 9.67. The molecule has 1 rings (SSSR count). The molecule has 0 heterocycles. The van der Waals surface area contributed by atoms with Crippen molar-refractivity contribution in [1.29, 1.82) is 0 Å². The predicted molar refractivity (Wildman–Crippen MR) is 80.8 cm³/mol. The summed E-state index contributed by atoms with van der Waals surface area (Å²) in [5.41, 5.74) is 6.97. The van der Waals surface area contributed by atoms with Crippen molar-refractivity contribution in [1.82, 2.24) is 0 Å². The van der Waals surface area contributed by atoms with Gasteiger partial charge in [0.2, 0.25) is 0 Å². The zero-order valence-electron chi connectivity index (χ0n) is 12.4. The maximum atomic E-state index is 9.97. The van der Waals surface area contributed by atoms with Crippen LogP contribution in [0.25, 0.3) is 0 Å². The maximum absolute atomic E-state index is 9.97. The van der Waals surface area contributed by atoms with Gasteiger partial charge in [-0.05, 0) is 39.3 Å². The van der Waals surface area contributed by atoms with Crippen LogP contribution in [0, 0.1) is 0 Å². The van der Waals surface area contributed by atoms with Gasteiger partial charge in [-0.2, -0.15) is 0 Å². The number of ether oxygens (including phenoxy) is 1. The molecule has 19 heavy (non-hydrogen) atoms. The number of aliphatic hydroxyl groups is 1. The third-order valence-electron chi connectivity index (χ3n) is 2.81. The first-order valence-electron chi connectivity index (χ1n) is 6.87. The van der Waals surface area contributed by atoms with Crippen molar-refractivity contribution >= 4 is 11.4 Å². The molecule has 0 fully saturated rings. The molecule has 1 aromatic rings. The van der Waals surface area contributed by atoms with E-state index < -0.39 is 5.60 Å². The molecular formula is C15H26N2O2. The van der Waals surface area contributed by atoms with E-state index in [4.69, 9.17) is 10.5 Å². The fourth-order valence-corrected chi connectivity index (χ4v) is 1.98. The minimum Gasteiger partial charge on any atom is -0.491 e. The smallest absolute Gasteiger partial charge is 0.144 e. The van der Waals surface area contributed by atoms with Crippen molar-refractivity contribution in [2.75, 3.05) is 30.3 Å². The zero-order chi connectivity index (χ0) is 14.5. The second-order valence-corrected chi connectivity index (χ2v) is 5.36. The van der Waals surface area contributed by atoms with Gasteiger partial charge >= 0.3 is 0 Å². The Labute approximate surface area is 116 Å². The number of nitrogens with zero attached hydrogens (tertiary/aromatic N) is 1. The van der Waals surface area contributed by atoms with E-state index in [9.17, 15) is 5.11 Å². The Morgan fingerprint density at radius 1 is 1.32 bits per heavy atom. The fraction of sp³-hybridized carbons (Fsp3) is 0.600. The summed E-state index contributed by atoms with van der Waals surface area (Å²) >= 11 is 0. The van der Waals surface area contributed by atoms with Gasteiger partial charge in [0.15, 0.2) is 0 Å². The van der Waals surface area contributed by atoms with Gasteiger partial charge in [-0.3, -0.25) is 0 Å². The Morgan fingerprint density at radius 3 is 2.53 bits per heavy atom. The summed E-state index contributed by atoms with van der Waals surface area (Å²) in [7, 11) is 0. The van der Waals surface area contributed by atoms with Gasteiger partial charge in [0.25, 0.3) is 0 Å². The molecule has 0 aliphatic rings. The highest BCUT2D eigenvalue weighted by molar-refractivity contribution is 5.74. The van der Waals surface area contributed by atoms with Crippen LogP contribution in [0.4, 0.5) is 11.4 Å². The minimum absolute atomic E-state index is 0.533. The average Bonchev–Trinajstić information content (AvgIpc) is 2.34. The van der Waals surface area contributed by atoms with E-state index in [0.29, 0.717) is 24.6 Å². The van der Waals surface area contributed by atoms with Crippen LogP contribution in [0.3, 0.4) is 0 Å². The highest BCUT2D eigenvalue weighted by Crippen LogP contribution is 2.32. The minimum atomic E-state index is -0.761. The van der Waals surface area contributed by atoms with Gasteiger partial charge in [0.1, 0.15) is 5.75 Å². The molecule has 0 amide bonds. The van der Waals surface area contributed by atoms with Crippen molar-refractivity contribution in [3.8, 4) is 5.75 Å². The number of nitrogens with two attached hydrogens (primary N) is 1. The van der Waals surface area contributed by atoms with Crippen molar-refractivity contribution in [2.24, 2.45) is 0 Å². The third-order valence-corrected chi connectivity index (χ3v) is 2.81. The van der Waals surface area contributed by atoms with Gasteiger partial charge in [0, 0.05) is 13.1 Å². The lowest BCUT2D eigenvalue weighted by Crippen LogP contribution is -2.39. The highest BCUT2D eigenvalue weighted by atomic mass is 16.5. The lowest BCUT2D eigenvalue weighted by Gasteiger charge is -2.31. The van der Waals surface area contributed by atoms with Crippen LogP contribution in [-0.4, -0.2) is 30.4 Å². The highest BCUT2D eigenvalue weighted by Gasteiger charge is 2.20. The van der Waals surface area contributed by atoms with Gasteiger partial charge < -0.3 is 20.5 Å². The molecule has 0 unspecified atom stereocenters. The quantitative estimate of drug-likeness (QED) is 0.745. The Hall–Kier alpha value is -1.42. The molecule has 4 heteroatoms. The van der Waals surface area contributed by atoms with Crippen LogP contribution in [0.2, 0.25) is 0 Å². The first-order valence-corrected chi connectivity index (χ1v) is 6.87. The second kappa shape index (κ2) is 6.66. The summed E-state index contributed by atoms with van der Waals surface area (Å²) in [6.07, 6.45) is 0.949. The largest absolute Gasteiger partial charge is 0.491 e. The standard InChI is InChI=1S/C15H26N2O2/c1-5-10-19-13-9-7-8-12(14(13)16)17(6-2)11-15(3,4)18/h7-9,18H,5-6,10-11,16H2,1-4H3. The van der Waals surface area contributed by atoms with Crippen molar-refractivity contribution in [2.45, 2.75) is 39.7 Å². The molecular weight excluding hydrogens is 240 g/mol. The number of likely N-dealkylation sites (N-methyl/N-ethyl adjacent to an activating group) is 1. The van der Waals surface area contributed by atoms with Crippen molar-refractivity contribution in [3.63, 3.8) is 0 Å². The Morgan fingerprint density at radius 2 is 2.00 bits per heavy atom. The summed E-state index contributed by atoms with van der Waals surface area (Å²) in [5, 5.41) is 9.97. The summed E-state index contributed by atoms with van der Waals surface area (Å²) in [5.74, 6) is 0.716. The number of benzene rings is 1. The monoisotopic (exact) mass is 266 g/mol. The molecule has 0 saturated carbocycles. The number of para-hydroxylation sites is 1. The van der Waals surface area contributed by atoms with E-state index in [-0.39, 0.29) is 0 Å². The first-order chi connectivity index (χ1) is 8.89. The second-order valence-electron chi connectivity index (χ2n) is 5.36. The zero-order valence-corrected chi connectivity index (χ0v) is 12.4. The van der Waals surface area contributed by atoms with Crippen LogP contribution in [0.15, 0.2) is 18.2 Å². The molecule has 0 saturated heterocycles. The third kappa shape index (κ3) is 4.63. The van der Waals surface area contributed by atoms with Gasteiger partial charge in [0.05, 0.1) is 23.6 Å². The molecule has 0 atom stereocenters. The number of nitrogen functional groups attached to an aromatic ring is 1. The summed E-state index contributed by atoms with van der Waals surface area (Å²) in [6, 6.07) is 5.78. The molecule has 0 aliphatic heterocycles. The molecule has 0 spiro atoms. The molecule has 3 N–H and O–H groups in total. The lowest BCUT2D eigenvalue weighted by molar-refractivity contribution is 0.0876. The van der Waals surface area contributed by atoms with Crippen LogP contribution >= 0.6 is 0 Å². The first kappa shape index (κ1) is 15.6. The van der Waals surface area contributed by atoms with E-state index in [1.807, 2.05) is 25.1 Å². The molecule has 1 aromatic carbocycles.